The van der Waals surface area contributed by atoms with Crippen LogP contribution in [0.2, 0.25) is 5.02 Å². The number of nitrogens with one attached hydrogen (secondary N) is 1. The summed E-state index contributed by atoms with van der Waals surface area (Å²) in [5.41, 5.74) is 0.987. The van der Waals surface area contributed by atoms with Crippen LogP contribution in [0.15, 0.2) is 24.3 Å². The van der Waals surface area contributed by atoms with Gasteiger partial charge in [0.2, 0.25) is 0 Å². The number of hydrogen-bond donors (Lipinski definition) is 2. The molecule has 1 aromatic rings. The Morgan fingerprint density at radius 2 is 1.82 bits per heavy atom. The second-order valence-electron chi connectivity index (χ2n) is 4.83. The summed E-state index contributed by atoms with van der Waals surface area (Å²) in [6.45, 7) is 2.50. The van der Waals surface area contributed by atoms with Gasteiger partial charge in [-0.05, 0) is 38.1 Å². The normalized spacial score (nSPS) is 10.9. The van der Waals surface area contributed by atoms with Crippen LogP contribution in [0.1, 0.15) is 30.6 Å². The molecule has 0 aromatic heterocycles. The van der Waals surface area contributed by atoms with Crippen molar-refractivity contribution in [2.24, 2.45) is 0 Å². The first-order chi connectivity index (χ1) is 10.2. The third-order valence-corrected chi connectivity index (χ3v) is 2.80. The van der Waals surface area contributed by atoms with Crippen molar-refractivity contribution in [1.82, 2.24) is 5.48 Å². The first-order valence-electron chi connectivity index (χ1n) is 6.35. The maximum Gasteiger partial charge on any atom is 0.340 e. The van der Waals surface area contributed by atoms with Gasteiger partial charge in [-0.1, -0.05) is 11.6 Å². The lowest BCUT2D eigenvalue weighted by Gasteiger charge is -2.22. The van der Waals surface area contributed by atoms with E-state index < -0.39 is 23.4 Å². The van der Waals surface area contributed by atoms with E-state index in [-0.39, 0.29) is 13.0 Å². The molecule has 0 spiro atoms. The van der Waals surface area contributed by atoms with Gasteiger partial charge in [-0.2, -0.15) is 0 Å². The molecule has 0 radical (unpaired) electrons. The van der Waals surface area contributed by atoms with Gasteiger partial charge in [0.1, 0.15) is 6.61 Å². The lowest BCUT2D eigenvalue weighted by Crippen LogP contribution is -2.43. The van der Waals surface area contributed by atoms with E-state index in [4.69, 9.17) is 26.3 Å². The Bertz CT molecular complexity index is 555. The second-order valence-corrected chi connectivity index (χ2v) is 5.27. The predicted molar refractivity (Wildman–Crippen MR) is 77.3 cm³/mol. The molecule has 1 aromatic carbocycles. The van der Waals surface area contributed by atoms with Gasteiger partial charge >= 0.3 is 11.9 Å². The summed E-state index contributed by atoms with van der Waals surface area (Å²) in [5, 5.41) is 8.95. The van der Waals surface area contributed by atoms with Crippen LogP contribution in [-0.4, -0.2) is 35.2 Å². The molecule has 0 saturated heterocycles. The predicted octanol–water partition coefficient (Wildman–Crippen LogP) is 1.80. The number of benzene rings is 1. The highest BCUT2D eigenvalue weighted by Gasteiger charge is 2.32. The molecule has 1 rings (SSSR count). The van der Waals surface area contributed by atoms with Crippen LogP contribution in [0.25, 0.3) is 0 Å². The third-order valence-electron chi connectivity index (χ3n) is 2.55. The van der Waals surface area contributed by atoms with Crippen molar-refractivity contribution in [3.8, 4) is 0 Å². The van der Waals surface area contributed by atoms with Gasteiger partial charge in [0, 0.05) is 10.6 Å². The summed E-state index contributed by atoms with van der Waals surface area (Å²) < 4.78 is 4.76. The summed E-state index contributed by atoms with van der Waals surface area (Å²) in [7, 11) is 0. The van der Waals surface area contributed by atoms with Gasteiger partial charge in [0.05, 0.1) is 6.42 Å². The first kappa shape index (κ1) is 17.9. The third kappa shape index (κ3) is 5.71. The quantitative estimate of drug-likeness (QED) is 0.584. The molecule has 22 heavy (non-hydrogen) atoms. The molecule has 0 fully saturated rings. The molecular formula is C14H16ClNO6. The lowest BCUT2D eigenvalue weighted by atomic mass is 10.1. The Morgan fingerprint density at radius 3 is 2.36 bits per heavy atom. The van der Waals surface area contributed by atoms with Crippen LogP contribution in [0, 0.1) is 0 Å². The molecule has 1 amide bonds. The first-order valence-corrected chi connectivity index (χ1v) is 6.73. The largest absolute Gasteiger partial charge is 0.481 e. The Hall–Kier alpha value is -2.12. The monoisotopic (exact) mass is 329 g/mol. The molecule has 0 aliphatic heterocycles. The summed E-state index contributed by atoms with van der Waals surface area (Å²) in [4.78, 5) is 38.9. The number of rotatable bonds is 7. The lowest BCUT2D eigenvalue weighted by molar-refractivity contribution is -0.174. The van der Waals surface area contributed by atoms with E-state index in [2.05, 4.69) is 5.48 Å². The highest BCUT2D eigenvalue weighted by atomic mass is 35.5. The number of carboxylic acid groups (broad SMARTS) is 1. The number of hydrogen-bond acceptors (Lipinski definition) is 5. The summed E-state index contributed by atoms with van der Waals surface area (Å²) >= 11 is 5.71. The van der Waals surface area contributed by atoms with Crippen molar-refractivity contribution >= 4 is 29.4 Å². The second kappa shape index (κ2) is 7.77. The molecule has 8 heteroatoms. The minimum Gasteiger partial charge on any atom is -0.481 e. The van der Waals surface area contributed by atoms with E-state index in [9.17, 15) is 14.4 Å². The van der Waals surface area contributed by atoms with Crippen molar-refractivity contribution in [3.05, 3.63) is 34.9 Å². The number of ether oxygens (including phenoxy) is 1. The fourth-order valence-electron chi connectivity index (χ4n) is 1.28. The minimum absolute atomic E-state index is 0.272. The molecule has 0 aliphatic rings. The number of esters is 1. The van der Waals surface area contributed by atoms with E-state index in [1.165, 1.54) is 26.0 Å². The standard InChI is InChI=1S/C14H16ClNO6/c1-14(2,13(20)21-8-7-11(17)18)22-16-12(19)9-3-5-10(15)6-4-9/h3-6H,7-8H2,1-2H3,(H,16,19)(H,17,18). The minimum atomic E-state index is -1.46. The van der Waals surface area contributed by atoms with Crippen LogP contribution < -0.4 is 5.48 Å². The molecule has 0 bridgehead atoms. The molecule has 0 aliphatic carbocycles. The molecule has 0 atom stereocenters. The number of hydroxylamine groups is 1. The Kier molecular flexibility index (Phi) is 6.33. The van der Waals surface area contributed by atoms with E-state index >= 15 is 0 Å². The van der Waals surface area contributed by atoms with Gasteiger partial charge in [0.15, 0.2) is 5.60 Å². The van der Waals surface area contributed by atoms with Crippen molar-refractivity contribution < 1.29 is 29.1 Å². The smallest absolute Gasteiger partial charge is 0.340 e. The van der Waals surface area contributed by atoms with Gasteiger partial charge in [-0.3, -0.25) is 14.4 Å². The number of carbonyl (C=O) groups is 3. The summed E-state index contributed by atoms with van der Waals surface area (Å²) in [6, 6.07) is 6.09. The van der Waals surface area contributed by atoms with Crippen LogP contribution >= 0.6 is 11.6 Å². The molecule has 7 nitrogen and oxygen atoms in total. The summed E-state index contributed by atoms with van der Waals surface area (Å²) in [6.07, 6.45) is -0.307. The van der Waals surface area contributed by atoms with E-state index in [1.54, 1.807) is 12.1 Å². The van der Waals surface area contributed by atoms with E-state index in [0.717, 1.165) is 0 Å². The maximum atomic E-state index is 11.8. The highest BCUT2D eigenvalue weighted by Crippen LogP contribution is 2.12. The Balaban J connectivity index is 2.50. The van der Waals surface area contributed by atoms with E-state index in [0.29, 0.717) is 10.6 Å². The number of aliphatic carboxylic acids is 1. The fourth-order valence-corrected chi connectivity index (χ4v) is 1.41. The highest BCUT2D eigenvalue weighted by molar-refractivity contribution is 6.30. The Labute approximate surface area is 132 Å². The topological polar surface area (TPSA) is 102 Å². The number of carboxylic acids is 1. The fraction of sp³-hybridized carbons (Fsp3) is 0.357. The van der Waals surface area contributed by atoms with Crippen LogP contribution in [0.4, 0.5) is 0 Å². The van der Waals surface area contributed by atoms with Gasteiger partial charge in [-0.25, -0.2) is 10.3 Å². The Morgan fingerprint density at radius 1 is 1.23 bits per heavy atom. The zero-order chi connectivity index (χ0) is 16.8. The van der Waals surface area contributed by atoms with Crippen molar-refractivity contribution in [2.45, 2.75) is 25.9 Å². The van der Waals surface area contributed by atoms with Gasteiger partial charge in [0.25, 0.3) is 5.91 Å². The van der Waals surface area contributed by atoms with Crippen LogP contribution in [0.5, 0.6) is 0 Å². The SMILES string of the molecule is CC(C)(ONC(=O)c1ccc(Cl)cc1)C(=O)OCCC(=O)O. The average molecular weight is 330 g/mol. The van der Waals surface area contributed by atoms with Crippen LogP contribution in [-0.2, 0) is 19.2 Å². The molecule has 120 valence electrons. The number of amides is 1. The molecule has 2 N–H and O–H groups in total. The zero-order valence-electron chi connectivity index (χ0n) is 12.1. The molecule has 0 unspecified atom stereocenters. The van der Waals surface area contributed by atoms with Crippen molar-refractivity contribution in [2.75, 3.05) is 6.61 Å². The maximum absolute atomic E-state index is 11.8. The number of halogens is 1. The molecule has 0 heterocycles. The number of carbonyl (C=O) groups excluding carboxylic acids is 2. The van der Waals surface area contributed by atoms with Gasteiger partial charge < -0.3 is 9.84 Å². The zero-order valence-corrected chi connectivity index (χ0v) is 12.8. The van der Waals surface area contributed by atoms with Crippen molar-refractivity contribution in [3.63, 3.8) is 0 Å². The summed E-state index contributed by atoms with van der Waals surface area (Å²) in [5.74, 6) is -2.42. The van der Waals surface area contributed by atoms with Crippen LogP contribution in [0.3, 0.4) is 0 Å². The van der Waals surface area contributed by atoms with E-state index in [1.807, 2.05) is 0 Å². The molecular weight excluding hydrogens is 314 g/mol. The van der Waals surface area contributed by atoms with Crippen molar-refractivity contribution in [1.29, 1.82) is 0 Å². The average Bonchev–Trinajstić information content (AvgIpc) is 2.45. The van der Waals surface area contributed by atoms with Gasteiger partial charge in [-0.15, -0.1) is 0 Å². The molecule has 0 saturated carbocycles.